The summed E-state index contributed by atoms with van der Waals surface area (Å²) in [5, 5.41) is 0. The van der Waals surface area contributed by atoms with Crippen LogP contribution >= 0.6 is 0 Å². The highest BCUT2D eigenvalue weighted by Crippen LogP contribution is 2.37. The summed E-state index contributed by atoms with van der Waals surface area (Å²) < 4.78 is 40.6. The van der Waals surface area contributed by atoms with Crippen molar-refractivity contribution < 1.29 is 13.2 Å². The van der Waals surface area contributed by atoms with Gasteiger partial charge in [-0.2, -0.15) is 0 Å². The first-order chi connectivity index (χ1) is 11.6. The van der Waals surface area contributed by atoms with Crippen LogP contribution in [0.25, 0.3) is 0 Å². The molecule has 0 heterocycles. The Balaban J connectivity index is 1.50. The van der Waals surface area contributed by atoms with Crippen molar-refractivity contribution in [2.45, 2.75) is 77.6 Å². The van der Waals surface area contributed by atoms with Gasteiger partial charge in [-0.1, -0.05) is 51.9 Å². The Bertz CT molecular complexity index is 559. The van der Waals surface area contributed by atoms with E-state index in [2.05, 4.69) is 6.92 Å². The Morgan fingerprint density at radius 2 is 1.46 bits per heavy atom. The van der Waals surface area contributed by atoms with Gasteiger partial charge < -0.3 is 0 Å². The Morgan fingerprint density at radius 1 is 0.833 bits per heavy atom. The molecular formula is C21H29F3. The molecule has 3 rings (SSSR count). The number of fused-ring (bicyclic) bond motifs is 1. The van der Waals surface area contributed by atoms with Gasteiger partial charge in [0.15, 0.2) is 17.5 Å². The SMILES string of the molecule is CCCC1CCC(CCC2CCc3c(cc(F)c(F)c3F)C2)CC1. The third-order valence-electron chi connectivity index (χ3n) is 6.31. The molecule has 0 saturated heterocycles. The van der Waals surface area contributed by atoms with Crippen LogP contribution in [0.3, 0.4) is 0 Å². The Hall–Kier alpha value is -0.990. The summed E-state index contributed by atoms with van der Waals surface area (Å²) in [5.74, 6) is -1.04. The van der Waals surface area contributed by atoms with E-state index < -0.39 is 17.5 Å². The molecular weight excluding hydrogens is 309 g/mol. The summed E-state index contributed by atoms with van der Waals surface area (Å²) in [5.41, 5.74) is 1.10. The van der Waals surface area contributed by atoms with Crippen molar-refractivity contribution in [2.75, 3.05) is 0 Å². The number of hydrogen-bond acceptors (Lipinski definition) is 0. The highest BCUT2D eigenvalue weighted by atomic mass is 19.2. The fourth-order valence-electron chi connectivity index (χ4n) is 4.83. The van der Waals surface area contributed by atoms with Gasteiger partial charge >= 0.3 is 0 Å². The van der Waals surface area contributed by atoms with Crippen LogP contribution in [-0.2, 0) is 12.8 Å². The highest BCUT2D eigenvalue weighted by molar-refractivity contribution is 5.33. The second-order valence-corrected chi connectivity index (χ2v) is 7.99. The molecule has 24 heavy (non-hydrogen) atoms. The normalized spacial score (nSPS) is 27.1. The van der Waals surface area contributed by atoms with E-state index in [0.29, 0.717) is 29.9 Å². The topological polar surface area (TPSA) is 0 Å². The Labute approximate surface area is 143 Å². The first kappa shape index (κ1) is 17.8. The molecule has 0 spiro atoms. The van der Waals surface area contributed by atoms with Gasteiger partial charge in [0.1, 0.15) is 0 Å². The van der Waals surface area contributed by atoms with E-state index in [9.17, 15) is 13.2 Å². The molecule has 0 amide bonds. The fourth-order valence-corrected chi connectivity index (χ4v) is 4.83. The number of benzene rings is 1. The van der Waals surface area contributed by atoms with E-state index in [1.807, 2.05) is 0 Å². The summed E-state index contributed by atoms with van der Waals surface area (Å²) in [6.07, 6.45) is 12.7. The minimum absolute atomic E-state index is 0.408. The molecule has 1 aromatic carbocycles. The predicted octanol–water partition coefficient (Wildman–Crippen LogP) is 6.60. The van der Waals surface area contributed by atoms with E-state index in [4.69, 9.17) is 0 Å². The van der Waals surface area contributed by atoms with Crippen molar-refractivity contribution in [3.05, 3.63) is 34.6 Å². The van der Waals surface area contributed by atoms with Gasteiger partial charge in [0.05, 0.1) is 0 Å². The number of rotatable bonds is 5. The van der Waals surface area contributed by atoms with E-state index in [1.54, 1.807) is 0 Å². The molecule has 2 aliphatic rings. The smallest absolute Gasteiger partial charge is 0.194 e. The largest absolute Gasteiger partial charge is 0.204 e. The van der Waals surface area contributed by atoms with Crippen molar-refractivity contribution >= 4 is 0 Å². The van der Waals surface area contributed by atoms with E-state index in [0.717, 1.165) is 24.7 Å². The molecule has 1 saturated carbocycles. The minimum atomic E-state index is -1.31. The zero-order valence-electron chi connectivity index (χ0n) is 14.7. The summed E-state index contributed by atoms with van der Waals surface area (Å²) in [6.45, 7) is 2.27. The molecule has 134 valence electrons. The Kier molecular flexibility index (Phi) is 5.89. The highest BCUT2D eigenvalue weighted by Gasteiger charge is 2.27. The fraction of sp³-hybridized carbons (Fsp3) is 0.714. The molecule has 1 unspecified atom stereocenters. The van der Waals surface area contributed by atoms with Crippen molar-refractivity contribution in [1.82, 2.24) is 0 Å². The zero-order valence-corrected chi connectivity index (χ0v) is 14.7. The lowest BCUT2D eigenvalue weighted by atomic mass is 9.75. The summed E-state index contributed by atoms with van der Waals surface area (Å²) in [4.78, 5) is 0. The van der Waals surface area contributed by atoms with Crippen molar-refractivity contribution in [3.63, 3.8) is 0 Å². The first-order valence-corrected chi connectivity index (χ1v) is 9.73. The lowest BCUT2D eigenvalue weighted by molar-refractivity contribution is 0.235. The molecule has 0 radical (unpaired) electrons. The second-order valence-electron chi connectivity index (χ2n) is 7.99. The van der Waals surface area contributed by atoms with Gasteiger partial charge in [-0.05, 0) is 60.6 Å². The molecule has 2 aliphatic carbocycles. The average molecular weight is 338 g/mol. The monoisotopic (exact) mass is 338 g/mol. The third kappa shape index (κ3) is 3.97. The quantitative estimate of drug-likeness (QED) is 0.531. The molecule has 0 aliphatic heterocycles. The van der Waals surface area contributed by atoms with Crippen LogP contribution in [-0.4, -0.2) is 0 Å². The maximum absolute atomic E-state index is 13.8. The zero-order chi connectivity index (χ0) is 17.1. The van der Waals surface area contributed by atoms with Crippen LogP contribution < -0.4 is 0 Å². The van der Waals surface area contributed by atoms with Crippen LogP contribution in [0.4, 0.5) is 13.2 Å². The minimum Gasteiger partial charge on any atom is -0.204 e. The summed E-state index contributed by atoms with van der Waals surface area (Å²) in [6, 6.07) is 1.22. The van der Waals surface area contributed by atoms with Gasteiger partial charge in [-0.3, -0.25) is 0 Å². The maximum Gasteiger partial charge on any atom is 0.194 e. The lowest BCUT2D eigenvalue weighted by Gasteiger charge is -2.30. The molecule has 1 atom stereocenters. The van der Waals surface area contributed by atoms with Crippen molar-refractivity contribution in [3.8, 4) is 0 Å². The van der Waals surface area contributed by atoms with Gasteiger partial charge in [-0.15, -0.1) is 0 Å². The van der Waals surface area contributed by atoms with Crippen molar-refractivity contribution in [2.24, 2.45) is 17.8 Å². The van der Waals surface area contributed by atoms with Gasteiger partial charge in [0.25, 0.3) is 0 Å². The van der Waals surface area contributed by atoms with E-state index >= 15 is 0 Å². The molecule has 3 heteroatoms. The average Bonchev–Trinajstić information content (AvgIpc) is 2.59. The summed E-state index contributed by atoms with van der Waals surface area (Å²) >= 11 is 0. The molecule has 1 aromatic rings. The summed E-state index contributed by atoms with van der Waals surface area (Å²) in [7, 11) is 0. The molecule has 0 bridgehead atoms. The predicted molar refractivity (Wildman–Crippen MR) is 91.4 cm³/mol. The molecule has 0 nitrogen and oxygen atoms in total. The van der Waals surface area contributed by atoms with E-state index in [-0.39, 0.29) is 0 Å². The lowest BCUT2D eigenvalue weighted by Crippen LogP contribution is -2.19. The van der Waals surface area contributed by atoms with Gasteiger partial charge in [0, 0.05) is 0 Å². The van der Waals surface area contributed by atoms with Crippen LogP contribution in [0.5, 0.6) is 0 Å². The third-order valence-corrected chi connectivity index (χ3v) is 6.31. The van der Waals surface area contributed by atoms with Gasteiger partial charge in [-0.25, -0.2) is 13.2 Å². The second kappa shape index (κ2) is 7.93. The van der Waals surface area contributed by atoms with Crippen LogP contribution in [0, 0.1) is 35.2 Å². The Morgan fingerprint density at radius 3 is 2.12 bits per heavy atom. The molecule has 0 aromatic heterocycles. The van der Waals surface area contributed by atoms with Crippen LogP contribution in [0.2, 0.25) is 0 Å². The molecule has 1 fully saturated rings. The van der Waals surface area contributed by atoms with Gasteiger partial charge in [0.2, 0.25) is 0 Å². The van der Waals surface area contributed by atoms with Crippen LogP contribution in [0.1, 0.15) is 75.8 Å². The van der Waals surface area contributed by atoms with Crippen molar-refractivity contribution in [1.29, 1.82) is 0 Å². The maximum atomic E-state index is 13.8. The molecule has 0 N–H and O–H groups in total. The standard InChI is InChI=1S/C21H29F3/c1-2-3-14-4-6-15(7-5-14)8-9-16-10-11-18-17(12-16)13-19(22)21(24)20(18)23/h13-16H,2-12H2,1H3. The van der Waals surface area contributed by atoms with Crippen LogP contribution in [0.15, 0.2) is 6.07 Å². The number of hydrogen-bond donors (Lipinski definition) is 0. The first-order valence-electron chi connectivity index (χ1n) is 9.73. The van der Waals surface area contributed by atoms with E-state index in [1.165, 1.54) is 51.0 Å². The number of halogens is 3.